The summed E-state index contributed by atoms with van der Waals surface area (Å²) in [6.45, 7) is 2.13. The molecule has 0 saturated heterocycles. The molecule has 0 saturated carbocycles. The van der Waals surface area contributed by atoms with Gasteiger partial charge in [-0.25, -0.2) is 4.79 Å². The number of anilines is 1. The van der Waals surface area contributed by atoms with Crippen LogP contribution in [0.25, 0.3) is 0 Å². The predicted molar refractivity (Wildman–Crippen MR) is 102 cm³/mol. The molecule has 7 heteroatoms. The standard InChI is InChI=1S/C20H20ClNO5/c1-12(19(23)22-9-8-13-6-4-5-7-16(13)22)27-20(24)14-10-15(21)18(26-3)17(11-14)25-2/h4-7,10-12H,8-9H2,1-3H3. The Morgan fingerprint density at radius 1 is 1.15 bits per heavy atom. The third-order valence-electron chi connectivity index (χ3n) is 4.45. The number of nitrogens with zero attached hydrogens (tertiary/aromatic N) is 1. The van der Waals surface area contributed by atoms with Gasteiger partial charge in [0.1, 0.15) is 0 Å². The number of esters is 1. The summed E-state index contributed by atoms with van der Waals surface area (Å²) in [4.78, 5) is 26.9. The second kappa shape index (κ2) is 7.88. The molecule has 1 heterocycles. The van der Waals surface area contributed by atoms with Crippen molar-refractivity contribution in [3.05, 3.63) is 52.5 Å². The van der Waals surface area contributed by atoms with Crippen LogP contribution in [0.5, 0.6) is 11.5 Å². The van der Waals surface area contributed by atoms with Crippen molar-refractivity contribution in [2.75, 3.05) is 25.7 Å². The lowest BCUT2D eigenvalue weighted by atomic mass is 10.2. The van der Waals surface area contributed by atoms with Gasteiger partial charge >= 0.3 is 5.97 Å². The minimum atomic E-state index is -0.935. The molecule has 1 unspecified atom stereocenters. The molecule has 1 aliphatic heterocycles. The third-order valence-corrected chi connectivity index (χ3v) is 4.73. The van der Waals surface area contributed by atoms with Gasteiger partial charge in [-0.05, 0) is 37.1 Å². The van der Waals surface area contributed by atoms with Gasteiger partial charge in [0.25, 0.3) is 5.91 Å². The number of benzene rings is 2. The molecule has 3 rings (SSSR count). The quantitative estimate of drug-likeness (QED) is 0.732. The summed E-state index contributed by atoms with van der Waals surface area (Å²) in [5.74, 6) is -0.288. The molecule has 2 aromatic rings. The maximum Gasteiger partial charge on any atom is 0.339 e. The molecule has 2 aromatic carbocycles. The molecular formula is C20H20ClNO5. The topological polar surface area (TPSA) is 65.1 Å². The molecular weight excluding hydrogens is 370 g/mol. The maximum atomic E-state index is 12.7. The molecule has 0 aliphatic carbocycles. The summed E-state index contributed by atoms with van der Waals surface area (Å²) in [6, 6.07) is 10.6. The molecule has 0 spiro atoms. The molecule has 1 amide bonds. The first-order valence-electron chi connectivity index (χ1n) is 8.48. The van der Waals surface area contributed by atoms with E-state index in [-0.39, 0.29) is 16.5 Å². The Morgan fingerprint density at radius 3 is 2.59 bits per heavy atom. The predicted octanol–water partition coefficient (Wildman–Crippen LogP) is 3.49. The SMILES string of the molecule is COc1cc(C(=O)OC(C)C(=O)N2CCc3ccccc32)cc(Cl)c1OC. The highest BCUT2D eigenvalue weighted by molar-refractivity contribution is 6.32. The lowest BCUT2D eigenvalue weighted by Crippen LogP contribution is -2.39. The number of methoxy groups -OCH3 is 2. The maximum absolute atomic E-state index is 12.7. The number of carbonyl (C=O) groups is 2. The Bertz CT molecular complexity index is 883. The van der Waals surface area contributed by atoms with Gasteiger partial charge in [-0.2, -0.15) is 0 Å². The second-order valence-corrected chi connectivity index (χ2v) is 6.52. The van der Waals surface area contributed by atoms with Crippen molar-refractivity contribution in [2.45, 2.75) is 19.4 Å². The van der Waals surface area contributed by atoms with Crippen molar-refractivity contribution in [3.63, 3.8) is 0 Å². The zero-order valence-corrected chi connectivity index (χ0v) is 16.1. The minimum absolute atomic E-state index is 0.180. The number of ether oxygens (including phenoxy) is 3. The van der Waals surface area contributed by atoms with E-state index in [1.807, 2.05) is 24.3 Å². The lowest BCUT2D eigenvalue weighted by Gasteiger charge is -2.22. The van der Waals surface area contributed by atoms with E-state index in [2.05, 4.69) is 0 Å². The summed E-state index contributed by atoms with van der Waals surface area (Å²) in [5, 5.41) is 0.219. The van der Waals surface area contributed by atoms with Crippen LogP contribution >= 0.6 is 11.6 Å². The highest BCUT2D eigenvalue weighted by atomic mass is 35.5. The fourth-order valence-corrected chi connectivity index (χ4v) is 3.39. The van der Waals surface area contributed by atoms with Crippen LogP contribution in [0.4, 0.5) is 5.69 Å². The number of rotatable bonds is 5. The Balaban J connectivity index is 1.75. The Kier molecular flexibility index (Phi) is 5.56. The summed E-state index contributed by atoms with van der Waals surface area (Å²) in [7, 11) is 2.90. The number of carbonyl (C=O) groups excluding carboxylic acids is 2. The number of hydrogen-bond acceptors (Lipinski definition) is 5. The van der Waals surface area contributed by atoms with Crippen molar-refractivity contribution in [1.82, 2.24) is 0 Å². The van der Waals surface area contributed by atoms with E-state index >= 15 is 0 Å². The van der Waals surface area contributed by atoms with Crippen molar-refractivity contribution < 1.29 is 23.8 Å². The van der Waals surface area contributed by atoms with Crippen LogP contribution in [0.3, 0.4) is 0 Å². The van der Waals surface area contributed by atoms with Gasteiger partial charge < -0.3 is 19.1 Å². The number of hydrogen-bond donors (Lipinski definition) is 0. The summed E-state index contributed by atoms with van der Waals surface area (Å²) in [5.41, 5.74) is 2.15. The number of amides is 1. The van der Waals surface area contributed by atoms with Gasteiger partial charge in [0.2, 0.25) is 0 Å². The Labute approximate surface area is 162 Å². The van der Waals surface area contributed by atoms with Gasteiger partial charge in [-0.1, -0.05) is 29.8 Å². The van der Waals surface area contributed by atoms with E-state index in [1.165, 1.54) is 26.4 Å². The van der Waals surface area contributed by atoms with Crippen LogP contribution in [0, 0.1) is 0 Å². The summed E-state index contributed by atoms with van der Waals surface area (Å²) < 4.78 is 15.7. The van der Waals surface area contributed by atoms with E-state index in [4.69, 9.17) is 25.8 Å². The Hall–Kier alpha value is -2.73. The van der Waals surface area contributed by atoms with Gasteiger partial charge in [0.15, 0.2) is 17.6 Å². The van der Waals surface area contributed by atoms with E-state index in [0.717, 1.165) is 17.7 Å². The van der Waals surface area contributed by atoms with Crippen molar-refractivity contribution >= 4 is 29.2 Å². The first-order chi connectivity index (χ1) is 13.0. The van der Waals surface area contributed by atoms with Crippen LogP contribution in [0.2, 0.25) is 5.02 Å². The van der Waals surface area contributed by atoms with Gasteiger partial charge in [0.05, 0.1) is 24.8 Å². The molecule has 1 aliphatic rings. The van der Waals surface area contributed by atoms with Crippen LogP contribution in [-0.4, -0.2) is 38.7 Å². The van der Waals surface area contributed by atoms with Crippen molar-refractivity contribution in [3.8, 4) is 11.5 Å². The van der Waals surface area contributed by atoms with Crippen LogP contribution < -0.4 is 14.4 Å². The van der Waals surface area contributed by atoms with E-state index in [9.17, 15) is 9.59 Å². The van der Waals surface area contributed by atoms with E-state index in [1.54, 1.807) is 11.8 Å². The molecule has 0 radical (unpaired) electrons. The van der Waals surface area contributed by atoms with Crippen molar-refractivity contribution in [2.24, 2.45) is 0 Å². The van der Waals surface area contributed by atoms with Crippen LogP contribution in [0.1, 0.15) is 22.8 Å². The zero-order valence-electron chi connectivity index (χ0n) is 15.3. The molecule has 0 bridgehead atoms. The van der Waals surface area contributed by atoms with Gasteiger partial charge in [-0.15, -0.1) is 0 Å². The molecule has 142 valence electrons. The number of halogens is 1. The van der Waals surface area contributed by atoms with Crippen LogP contribution in [0.15, 0.2) is 36.4 Å². The highest BCUT2D eigenvalue weighted by Gasteiger charge is 2.30. The lowest BCUT2D eigenvalue weighted by molar-refractivity contribution is -0.126. The number of fused-ring (bicyclic) bond motifs is 1. The number of para-hydroxylation sites is 1. The fraction of sp³-hybridized carbons (Fsp3) is 0.300. The fourth-order valence-electron chi connectivity index (χ4n) is 3.10. The van der Waals surface area contributed by atoms with Gasteiger partial charge in [-0.3, -0.25) is 4.79 Å². The van der Waals surface area contributed by atoms with Gasteiger partial charge in [0, 0.05) is 12.2 Å². The zero-order chi connectivity index (χ0) is 19.6. The minimum Gasteiger partial charge on any atom is -0.493 e. The average Bonchev–Trinajstić information content (AvgIpc) is 3.10. The Morgan fingerprint density at radius 2 is 1.89 bits per heavy atom. The average molecular weight is 390 g/mol. The first-order valence-corrected chi connectivity index (χ1v) is 8.85. The highest BCUT2D eigenvalue weighted by Crippen LogP contribution is 2.36. The molecule has 1 atom stereocenters. The largest absolute Gasteiger partial charge is 0.493 e. The molecule has 0 fully saturated rings. The first kappa shape index (κ1) is 19.0. The van der Waals surface area contributed by atoms with E-state index in [0.29, 0.717) is 18.0 Å². The monoisotopic (exact) mass is 389 g/mol. The molecule has 27 heavy (non-hydrogen) atoms. The van der Waals surface area contributed by atoms with Crippen molar-refractivity contribution in [1.29, 1.82) is 0 Å². The summed E-state index contributed by atoms with van der Waals surface area (Å²) in [6.07, 6.45) is -0.149. The summed E-state index contributed by atoms with van der Waals surface area (Å²) >= 11 is 6.13. The third kappa shape index (κ3) is 3.71. The smallest absolute Gasteiger partial charge is 0.339 e. The second-order valence-electron chi connectivity index (χ2n) is 6.11. The normalized spacial score (nSPS) is 13.7. The molecule has 0 aromatic heterocycles. The molecule has 0 N–H and O–H groups in total. The molecule has 6 nitrogen and oxygen atoms in total. The van der Waals surface area contributed by atoms with E-state index < -0.39 is 12.1 Å². The van der Waals surface area contributed by atoms with Crippen LogP contribution in [-0.2, 0) is 16.0 Å².